The lowest BCUT2D eigenvalue weighted by atomic mass is 10.0. The van der Waals surface area contributed by atoms with Gasteiger partial charge in [-0.15, -0.1) is 0 Å². The predicted octanol–water partition coefficient (Wildman–Crippen LogP) is 5.22. The van der Waals surface area contributed by atoms with Crippen molar-refractivity contribution in [1.29, 1.82) is 0 Å². The van der Waals surface area contributed by atoms with Gasteiger partial charge in [0, 0.05) is 8.90 Å². The molecule has 0 saturated carbocycles. The van der Waals surface area contributed by atoms with Crippen molar-refractivity contribution in [2.45, 2.75) is 17.7 Å². The molecule has 0 fully saturated rings. The monoisotopic (exact) mass is 432 g/mol. The van der Waals surface area contributed by atoms with Crippen molar-refractivity contribution in [3.05, 3.63) is 32.4 Å². The van der Waals surface area contributed by atoms with E-state index in [1.54, 1.807) is 0 Å². The third kappa shape index (κ3) is 3.27. The van der Waals surface area contributed by atoms with Crippen LogP contribution in [0.4, 0.5) is 26.3 Å². The molecule has 1 rings (SSSR count). The SMILES string of the molecule is FC(F)(F)c1ccc(I)c(C(F)(F)F)c1CBr. The van der Waals surface area contributed by atoms with E-state index in [1.807, 2.05) is 0 Å². The third-order valence-electron chi connectivity index (χ3n) is 1.98. The van der Waals surface area contributed by atoms with E-state index in [0.717, 1.165) is 6.07 Å². The minimum atomic E-state index is -4.80. The fourth-order valence-corrected chi connectivity index (χ4v) is 2.72. The first-order valence-corrected chi connectivity index (χ1v) is 6.30. The fraction of sp³-hybridized carbons (Fsp3) is 0.333. The quantitative estimate of drug-likeness (QED) is 0.324. The average molecular weight is 433 g/mol. The molecule has 0 aromatic heterocycles. The molecular weight excluding hydrogens is 429 g/mol. The first kappa shape index (κ1) is 15.1. The maximum absolute atomic E-state index is 12.7. The number of benzene rings is 1. The van der Waals surface area contributed by atoms with E-state index >= 15 is 0 Å². The minimum Gasteiger partial charge on any atom is -0.166 e. The van der Waals surface area contributed by atoms with Gasteiger partial charge in [-0.1, -0.05) is 15.9 Å². The summed E-state index contributed by atoms with van der Waals surface area (Å²) in [6.07, 6.45) is -9.60. The molecule has 0 unspecified atom stereocenters. The van der Waals surface area contributed by atoms with E-state index in [4.69, 9.17) is 0 Å². The van der Waals surface area contributed by atoms with Crippen LogP contribution < -0.4 is 0 Å². The molecule has 1 aromatic carbocycles. The number of alkyl halides is 7. The fourth-order valence-electron chi connectivity index (χ4n) is 1.33. The normalized spacial score (nSPS) is 12.9. The van der Waals surface area contributed by atoms with Crippen molar-refractivity contribution >= 4 is 38.5 Å². The van der Waals surface area contributed by atoms with Gasteiger partial charge in [0.05, 0.1) is 11.1 Å². The largest absolute Gasteiger partial charge is 0.417 e. The molecule has 8 heteroatoms. The van der Waals surface area contributed by atoms with Gasteiger partial charge >= 0.3 is 12.4 Å². The number of hydrogen-bond donors (Lipinski definition) is 0. The van der Waals surface area contributed by atoms with Crippen LogP contribution >= 0.6 is 38.5 Å². The van der Waals surface area contributed by atoms with Gasteiger partial charge in [-0.2, -0.15) is 26.3 Å². The number of hydrogen-bond acceptors (Lipinski definition) is 0. The average Bonchev–Trinajstić information content (AvgIpc) is 2.12. The highest BCUT2D eigenvalue weighted by Crippen LogP contribution is 2.42. The molecule has 96 valence electrons. The molecule has 0 amide bonds. The van der Waals surface area contributed by atoms with Gasteiger partial charge in [0.25, 0.3) is 0 Å². The highest BCUT2D eigenvalue weighted by Gasteiger charge is 2.41. The van der Waals surface area contributed by atoms with E-state index < -0.39 is 34.4 Å². The minimum absolute atomic E-state index is 0.252. The highest BCUT2D eigenvalue weighted by atomic mass is 127. The van der Waals surface area contributed by atoms with Gasteiger partial charge in [-0.05, 0) is 40.3 Å². The van der Waals surface area contributed by atoms with Crippen LogP contribution in [0.1, 0.15) is 16.7 Å². The van der Waals surface area contributed by atoms with Gasteiger partial charge in [-0.3, -0.25) is 0 Å². The molecule has 0 aliphatic rings. The van der Waals surface area contributed by atoms with Crippen LogP contribution in [0.15, 0.2) is 12.1 Å². The lowest BCUT2D eigenvalue weighted by Gasteiger charge is -2.18. The van der Waals surface area contributed by atoms with Crippen LogP contribution in [-0.4, -0.2) is 0 Å². The smallest absolute Gasteiger partial charge is 0.166 e. The molecule has 0 nitrogen and oxygen atoms in total. The summed E-state index contributed by atoms with van der Waals surface area (Å²) >= 11 is 4.05. The zero-order chi connectivity index (χ0) is 13.4. The van der Waals surface area contributed by atoms with Gasteiger partial charge in [0.2, 0.25) is 0 Å². The molecule has 0 spiro atoms. The Balaban J connectivity index is 3.60. The van der Waals surface area contributed by atoms with Crippen molar-refractivity contribution in [3.63, 3.8) is 0 Å². The molecular formula is C9H4BrF6I. The second-order valence-corrected chi connectivity index (χ2v) is 4.80. The molecule has 0 aliphatic carbocycles. The Labute approximate surface area is 115 Å². The Bertz CT molecular complexity index is 423. The second-order valence-electron chi connectivity index (χ2n) is 3.08. The van der Waals surface area contributed by atoms with E-state index in [2.05, 4.69) is 15.9 Å². The molecule has 0 radical (unpaired) electrons. The van der Waals surface area contributed by atoms with Crippen LogP contribution in [0.2, 0.25) is 0 Å². The first-order valence-electron chi connectivity index (χ1n) is 4.10. The Morgan fingerprint density at radius 2 is 1.53 bits per heavy atom. The van der Waals surface area contributed by atoms with E-state index in [0.29, 0.717) is 6.07 Å². The van der Waals surface area contributed by atoms with Crippen molar-refractivity contribution < 1.29 is 26.3 Å². The summed E-state index contributed by atoms with van der Waals surface area (Å²) in [4.78, 5) is 0. The summed E-state index contributed by atoms with van der Waals surface area (Å²) < 4.78 is 75.4. The van der Waals surface area contributed by atoms with E-state index in [9.17, 15) is 26.3 Å². The van der Waals surface area contributed by atoms with Crippen LogP contribution in [0.25, 0.3) is 0 Å². The topological polar surface area (TPSA) is 0 Å². The van der Waals surface area contributed by atoms with Gasteiger partial charge in [0.15, 0.2) is 0 Å². The molecule has 0 atom stereocenters. The standard InChI is InChI=1S/C9H4BrF6I/c10-3-4-5(8(11,12)13)1-2-6(17)7(4)9(14,15)16/h1-2H,3H2. The lowest BCUT2D eigenvalue weighted by Crippen LogP contribution is -2.17. The second kappa shape index (κ2) is 4.94. The van der Waals surface area contributed by atoms with Crippen LogP contribution in [0.3, 0.4) is 0 Å². The summed E-state index contributed by atoms with van der Waals surface area (Å²) in [5, 5.41) is -0.506. The summed E-state index contributed by atoms with van der Waals surface area (Å²) in [6.45, 7) is 0. The molecule has 0 heterocycles. The molecule has 0 aliphatic heterocycles. The van der Waals surface area contributed by atoms with Crippen molar-refractivity contribution in [1.82, 2.24) is 0 Å². The van der Waals surface area contributed by atoms with Crippen molar-refractivity contribution in [3.8, 4) is 0 Å². The van der Waals surface area contributed by atoms with Gasteiger partial charge < -0.3 is 0 Å². The Morgan fingerprint density at radius 1 is 1.00 bits per heavy atom. The van der Waals surface area contributed by atoms with Gasteiger partial charge in [0.1, 0.15) is 0 Å². The Hall–Kier alpha value is 0.01000. The molecule has 17 heavy (non-hydrogen) atoms. The lowest BCUT2D eigenvalue weighted by molar-refractivity contribution is -0.144. The number of rotatable bonds is 1. The summed E-state index contributed by atoms with van der Waals surface area (Å²) in [5.74, 6) is 0. The Kier molecular flexibility index (Phi) is 4.38. The van der Waals surface area contributed by atoms with Crippen molar-refractivity contribution in [2.24, 2.45) is 0 Å². The van der Waals surface area contributed by atoms with Gasteiger partial charge in [-0.25, -0.2) is 0 Å². The van der Waals surface area contributed by atoms with Crippen LogP contribution in [0.5, 0.6) is 0 Å². The molecule has 0 bridgehead atoms. The van der Waals surface area contributed by atoms with Crippen molar-refractivity contribution in [2.75, 3.05) is 0 Å². The maximum atomic E-state index is 12.7. The first-order chi connectivity index (χ1) is 7.59. The summed E-state index contributed by atoms with van der Waals surface area (Å²) in [7, 11) is 0. The summed E-state index contributed by atoms with van der Waals surface area (Å²) in [5.41, 5.74) is -3.27. The number of halogens is 8. The molecule has 0 N–H and O–H groups in total. The predicted molar refractivity (Wildman–Crippen MR) is 61.8 cm³/mol. The third-order valence-corrected chi connectivity index (χ3v) is 3.44. The Morgan fingerprint density at radius 3 is 1.88 bits per heavy atom. The van der Waals surface area contributed by atoms with Crippen LogP contribution in [0, 0.1) is 3.57 Å². The summed E-state index contributed by atoms with van der Waals surface area (Å²) in [6, 6.07) is 1.48. The van der Waals surface area contributed by atoms with E-state index in [1.165, 1.54) is 22.6 Å². The maximum Gasteiger partial charge on any atom is 0.417 e. The zero-order valence-electron chi connectivity index (χ0n) is 7.89. The zero-order valence-corrected chi connectivity index (χ0v) is 11.6. The van der Waals surface area contributed by atoms with Crippen LogP contribution in [-0.2, 0) is 17.7 Å². The molecule has 1 aromatic rings. The molecule has 0 saturated heterocycles. The highest BCUT2D eigenvalue weighted by molar-refractivity contribution is 14.1. The van der Waals surface area contributed by atoms with E-state index in [-0.39, 0.29) is 3.57 Å².